The van der Waals surface area contributed by atoms with Crippen LogP contribution in [0.1, 0.15) is 116 Å². The van der Waals surface area contributed by atoms with Crippen LogP contribution in [0.3, 0.4) is 0 Å². The van der Waals surface area contributed by atoms with Gasteiger partial charge >= 0.3 is 0 Å². The summed E-state index contributed by atoms with van der Waals surface area (Å²) in [5, 5.41) is 14.8. The van der Waals surface area contributed by atoms with Gasteiger partial charge in [-0.05, 0) is 85.4 Å². The number of ketones is 1. The average molecular weight is 798 g/mol. The Morgan fingerprint density at radius 3 is 2.20 bits per heavy atom. The minimum absolute atomic E-state index is 0. The fraction of sp³-hybridized carbons (Fsp3) is 0.488. The van der Waals surface area contributed by atoms with E-state index in [4.69, 9.17) is 9.97 Å². The van der Waals surface area contributed by atoms with E-state index >= 15 is 0 Å². The van der Waals surface area contributed by atoms with Crippen LogP contribution in [0, 0.1) is 37.2 Å². The summed E-state index contributed by atoms with van der Waals surface area (Å²) in [6.07, 6.45) is 7.80. The molecule has 0 saturated heterocycles. The zero-order valence-electron chi connectivity index (χ0n) is 29.8. The largest absolute Gasteiger partial charge is 0.512 e. The molecule has 1 aliphatic carbocycles. The Labute approximate surface area is 290 Å². The Balaban J connectivity index is 0.000000309. The predicted octanol–water partition coefficient (Wildman–Crippen LogP) is 11.0. The molecule has 2 aromatic heterocycles. The van der Waals surface area contributed by atoms with Crippen molar-refractivity contribution in [3.05, 3.63) is 82.5 Å². The molecule has 1 aliphatic rings. The van der Waals surface area contributed by atoms with E-state index in [9.17, 15) is 9.90 Å². The van der Waals surface area contributed by atoms with Gasteiger partial charge in [0.2, 0.25) is 0 Å². The third-order valence-corrected chi connectivity index (χ3v) is 9.46. The van der Waals surface area contributed by atoms with E-state index in [2.05, 4.69) is 84.9 Å². The van der Waals surface area contributed by atoms with Gasteiger partial charge < -0.3 is 10.1 Å². The number of aromatic nitrogens is 2. The number of carbonyl (C=O) groups excluding carboxylic acids is 1. The SMILES string of the molecule is CCC(CC)C(=O)/C=C(\O)C(CC)CC.Cc1cc(C)c2c[c-]c3c(c2c1)C(C)(C)c1nc(CC(C)(C)C)cc2ccnc-3c12.[Ir]. The number of hydrogen-bond acceptors (Lipinski definition) is 4. The molecule has 0 fully saturated rings. The van der Waals surface area contributed by atoms with Crippen molar-refractivity contribution in [2.45, 2.75) is 114 Å². The number of nitrogens with zero attached hydrogens (tertiary/aromatic N) is 2. The molecule has 2 heterocycles. The Bertz CT molecular complexity index is 1740. The number of hydrogen-bond donors (Lipinski definition) is 1. The first-order valence-electron chi connectivity index (χ1n) is 16.9. The first-order chi connectivity index (χ1) is 21.2. The van der Waals surface area contributed by atoms with Crippen molar-refractivity contribution in [3.63, 3.8) is 0 Å². The van der Waals surface area contributed by atoms with E-state index in [1.165, 1.54) is 44.3 Å². The maximum absolute atomic E-state index is 11.7. The Kier molecular flexibility index (Phi) is 12.2. The molecule has 249 valence electrons. The molecule has 2 aromatic carbocycles. The standard InChI is InChI=1S/C28H29N2.C13H24O2.Ir/c1-16-12-17(2)20-8-9-21-24(22(20)13-16)28(6,7)26-23-18(10-11-29-25(21)23)14-19(30-26)15-27(3,4)5;1-5-10(6-2)12(14)9-13(15)11(7-3)8-4;/h8,10-14H,15H2,1-7H3;9-11,14H,5-8H2,1-4H3;/q-1;;/b;12-9-;. The van der Waals surface area contributed by atoms with Crippen molar-refractivity contribution in [2.24, 2.45) is 17.3 Å². The molecule has 0 bridgehead atoms. The number of aliphatic hydroxyl groups excluding tert-OH is 1. The number of carbonyl (C=O) groups is 1. The van der Waals surface area contributed by atoms with Crippen LogP contribution < -0.4 is 0 Å². The van der Waals surface area contributed by atoms with Crippen molar-refractivity contribution >= 4 is 27.3 Å². The number of benzene rings is 2. The summed E-state index contributed by atoms with van der Waals surface area (Å²) in [4.78, 5) is 21.8. The van der Waals surface area contributed by atoms with Gasteiger partial charge in [-0.15, -0.1) is 23.3 Å². The van der Waals surface area contributed by atoms with Crippen LogP contribution in [0.5, 0.6) is 0 Å². The number of allylic oxidation sites excluding steroid dienone is 2. The van der Waals surface area contributed by atoms with Gasteiger partial charge in [-0.25, -0.2) is 0 Å². The van der Waals surface area contributed by atoms with Crippen LogP contribution in [-0.2, 0) is 36.7 Å². The maximum atomic E-state index is 11.7. The molecule has 4 nitrogen and oxygen atoms in total. The first kappa shape index (κ1) is 37.6. The number of aryl methyl sites for hydroxylation is 2. The minimum Gasteiger partial charge on any atom is -0.512 e. The number of rotatable bonds is 8. The molecule has 1 radical (unpaired) electrons. The topological polar surface area (TPSA) is 63.1 Å². The molecular formula is C41H53IrN2O2-. The van der Waals surface area contributed by atoms with Gasteiger partial charge in [-0.1, -0.05) is 96.3 Å². The van der Waals surface area contributed by atoms with E-state index in [0.717, 1.165) is 54.7 Å². The normalized spacial score (nSPS) is 13.8. The molecule has 0 atom stereocenters. The summed E-state index contributed by atoms with van der Waals surface area (Å²) in [5.41, 5.74) is 8.31. The smallest absolute Gasteiger partial charge is 0.162 e. The second-order valence-corrected chi connectivity index (χ2v) is 14.7. The van der Waals surface area contributed by atoms with E-state index in [1.807, 2.05) is 33.9 Å². The Morgan fingerprint density at radius 2 is 1.61 bits per heavy atom. The third-order valence-electron chi connectivity index (χ3n) is 9.46. The van der Waals surface area contributed by atoms with Gasteiger partial charge in [-0.2, -0.15) is 0 Å². The molecule has 0 unspecified atom stereocenters. The maximum Gasteiger partial charge on any atom is 0.162 e. The van der Waals surface area contributed by atoms with E-state index in [0.29, 0.717) is 0 Å². The van der Waals surface area contributed by atoms with Crippen molar-refractivity contribution in [1.29, 1.82) is 0 Å². The van der Waals surface area contributed by atoms with E-state index in [-0.39, 0.29) is 54.3 Å². The zero-order valence-corrected chi connectivity index (χ0v) is 32.2. The van der Waals surface area contributed by atoms with Gasteiger partial charge in [0.15, 0.2) is 5.78 Å². The first-order valence-corrected chi connectivity index (χ1v) is 16.9. The molecule has 0 aliphatic heterocycles. The van der Waals surface area contributed by atoms with Gasteiger partial charge in [0.25, 0.3) is 0 Å². The van der Waals surface area contributed by atoms with Crippen LogP contribution in [0.25, 0.3) is 32.8 Å². The quantitative estimate of drug-likeness (QED) is 0.110. The molecular weight excluding hydrogens is 745 g/mol. The van der Waals surface area contributed by atoms with E-state index < -0.39 is 0 Å². The molecule has 5 rings (SSSR count). The Hall–Kier alpha value is -2.88. The van der Waals surface area contributed by atoms with Crippen LogP contribution in [0.4, 0.5) is 0 Å². The zero-order chi connectivity index (χ0) is 33.3. The second kappa shape index (κ2) is 14.9. The monoisotopic (exact) mass is 798 g/mol. The molecule has 5 heteroatoms. The van der Waals surface area contributed by atoms with Crippen molar-refractivity contribution in [3.8, 4) is 11.3 Å². The van der Waals surface area contributed by atoms with E-state index in [1.54, 1.807) is 0 Å². The van der Waals surface area contributed by atoms with Crippen LogP contribution in [0.2, 0.25) is 0 Å². The molecule has 0 amide bonds. The van der Waals surface area contributed by atoms with Crippen molar-refractivity contribution in [1.82, 2.24) is 9.97 Å². The predicted molar refractivity (Wildman–Crippen MR) is 190 cm³/mol. The minimum atomic E-state index is -0.228. The number of pyridine rings is 2. The van der Waals surface area contributed by atoms with Crippen LogP contribution >= 0.6 is 0 Å². The molecule has 1 N–H and O–H groups in total. The van der Waals surface area contributed by atoms with Crippen molar-refractivity contribution in [2.75, 3.05) is 0 Å². The average Bonchev–Trinajstić information content (AvgIpc) is 2.96. The number of fused-ring (bicyclic) bond motifs is 4. The summed E-state index contributed by atoms with van der Waals surface area (Å²) in [6, 6.07) is 14.7. The summed E-state index contributed by atoms with van der Waals surface area (Å²) in [5.74, 6) is 0.547. The summed E-state index contributed by atoms with van der Waals surface area (Å²) >= 11 is 0. The molecule has 0 saturated carbocycles. The van der Waals surface area contributed by atoms with Gasteiger partial charge in [-0.3, -0.25) is 9.78 Å². The second-order valence-electron chi connectivity index (χ2n) is 14.7. The molecule has 46 heavy (non-hydrogen) atoms. The van der Waals surface area contributed by atoms with Gasteiger partial charge in [0.1, 0.15) is 0 Å². The molecule has 4 aromatic rings. The summed E-state index contributed by atoms with van der Waals surface area (Å²) in [6.45, 7) is 23.9. The number of aliphatic hydroxyl groups is 1. The van der Waals surface area contributed by atoms with Gasteiger partial charge in [0, 0.05) is 55.6 Å². The third kappa shape index (κ3) is 7.63. The fourth-order valence-corrected chi connectivity index (χ4v) is 7.00. The fourth-order valence-electron chi connectivity index (χ4n) is 7.00. The summed E-state index contributed by atoms with van der Waals surface area (Å²) < 4.78 is 0. The van der Waals surface area contributed by atoms with Gasteiger partial charge in [0.05, 0.1) is 5.76 Å². The molecule has 0 spiro atoms. The summed E-state index contributed by atoms with van der Waals surface area (Å²) in [7, 11) is 0. The van der Waals surface area contributed by atoms with Crippen LogP contribution in [-0.4, -0.2) is 20.9 Å². The van der Waals surface area contributed by atoms with Crippen LogP contribution in [0.15, 0.2) is 48.4 Å². The Morgan fingerprint density at radius 1 is 0.978 bits per heavy atom. The van der Waals surface area contributed by atoms with Crippen molar-refractivity contribution < 1.29 is 30.0 Å².